The molecule has 0 unspecified atom stereocenters. The molecule has 0 bridgehead atoms. The Hall–Kier alpha value is -3.57. The van der Waals surface area contributed by atoms with E-state index in [1.807, 2.05) is 67.5 Å². The van der Waals surface area contributed by atoms with E-state index in [-0.39, 0.29) is 5.91 Å². The van der Waals surface area contributed by atoms with Gasteiger partial charge in [0.1, 0.15) is 11.4 Å². The van der Waals surface area contributed by atoms with Crippen molar-refractivity contribution in [3.63, 3.8) is 0 Å². The minimum atomic E-state index is -0.208. The number of nitrogens with zero attached hydrogens (tertiary/aromatic N) is 3. The number of amides is 1. The molecule has 0 aromatic heterocycles. The standard InChI is InChI=1S/C25H22ClN3O2/c1-28(2)19-12-8-17(9-13-19)16-22-25(30)29(20-14-10-18(26)11-15-20)24(27-22)21-6-4-5-7-23(21)31-3/h4-16H,1-3H3/b22-16+. The van der Waals surface area contributed by atoms with Crippen LogP contribution in [0, 0.1) is 0 Å². The Bertz CT molecular complexity index is 1170. The lowest BCUT2D eigenvalue weighted by molar-refractivity contribution is -0.113. The highest BCUT2D eigenvalue weighted by Gasteiger charge is 2.33. The summed E-state index contributed by atoms with van der Waals surface area (Å²) < 4.78 is 5.52. The molecule has 0 N–H and O–H groups in total. The van der Waals surface area contributed by atoms with Crippen LogP contribution in [0.5, 0.6) is 5.75 Å². The predicted octanol–water partition coefficient (Wildman–Crippen LogP) is 5.25. The Balaban J connectivity index is 1.81. The molecule has 3 aromatic rings. The van der Waals surface area contributed by atoms with Gasteiger partial charge in [-0.05, 0) is 60.2 Å². The monoisotopic (exact) mass is 431 g/mol. The van der Waals surface area contributed by atoms with E-state index in [1.165, 1.54) is 0 Å². The molecule has 0 radical (unpaired) electrons. The maximum atomic E-state index is 13.4. The van der Waals surface area contributed by atoms with Gasteiger partial charge in [0, 0.05) is 24.8 Å². The van der Waals surface area contributed by atoms with Crippen LogP contribution in [0.2, 0.25) is 5.02 Å². The van der Waals surface area contributed by atoms with Gasteiger partial charge in [-0.1, -0.05) is 35.9 Å². The zero-order valence-electron chi connectivity index (χ0n) is 17.5. The second-order valence-electron chi connectivity index (χ2n) is 7.27. The van der Waals surface area contributed by atoms with Gasteiger partial charge >= 0.3 is 0 Å². The molecule has 0 aliphatic carbocycles. The molecule has 1 aliphatic heterocycles. The SMILES string of the molecule is COc1ccccc1C1=N/C(=C/c2ccc(N(C)C)cc2)C(=O)N1c1ccc(Cl)cc1. The minimum absolute atomic E-state index is 0.208. The normalized spacial score (nSPS) is 14.7. The number of halogens is 1. The number of hydrogen-bond acceptors (Lipinski definition) is 4. The van der Waals surface area contributed by atoms with Crippen LogP contribution in [0.3, 0.4) is 0 Å². The van der Waals surface area contributed by atoms with Crippen molar-refractivity contribution in [1.82, 2.24) is 0 Å². The van der Waals surface area contributed by atoms with E-state index >= 15 is 0 Å². The molecule has 4 rings (SSSR count). The van der Waals surface area contributed by atoms with Crippen molar-refractivity contribution >= 4 is 40.8 Å². The lowest BCUT2D eigenvalue weighted by Gasteiger charge is -2.20. The van der Waals surface area contributed by atoms with Crippen LogP contribution in [-0.2, 0) is 4.79 Å². The molecular weight excluding hydrogens is 410 g/mol. The molecule has 0 spiro atoms. The lowest BCUT2D eigenvalue weighted by atomic mass is 10.1. The number of aliphatic imine (C=N–C) groups is 1. The van der Waals surface area contributed by atoms with Crippen LogP contribution in [0.4, 0.5) is 11.4 Å². The number of carbonyl (C=O) groups is 1. The van der Waals surface area contributed by atoms with E-state index < -0.39 is 0 Å². The number of anilines is 2. The highest BCUT2D eigenvalue weighted by Crippen LogP contribution is 2.31. The van der Waals surface area contributed by atoms with Crippen molar-refractivity contribution in [1.29, 1.82) is 0 Å². The molecule has 6 heteroatoms. The predicted molar refractivity (Wildman–Crippen MR) is 127 cm³/mol. The number of hydrogen-bond donors (Lipinski definition) is 0. The lowest BCUT2D eigenvalue weighted by Crippen LogP contribution is -2.32. The molecule has 0 atom stereocenters. The summed E-state index contributed by atoms with van der Waals surface area (Å²) in [6.07, 6.45) is 1.80. The topological polar surface area (TPSA) is 45.1 Å². The average Bonchev–Trinajstić information content (AvgIpc) is 3.10. The Morgan fingerprint density at radius 1 is 0.968 bits per heavy atom. The number of para-hydroxylation sites is 1. The fourth-order valence-electron chi connectivity index (χ4n) is 3.38. The fraction of sp³-hybridized carbons (Fsp3) is 0.120. The summed E-state index contributed by atoms with van der Waals surface area (Å²) in [7, 11) is 5.58. The molecule has 0 fully saturated rings. The number of amidine groups is 1. The van der Waals surface area contributed by atoms with E-state index in [0.29, 0.717) is 28.0 Å². The highest BCUT2D eigenvalue weighted by atomic mass is 35.5. The van der Waals surface area contributed by atoms with Crippen LogP contribution >= 0.6 is 11.6 Å². The third kappa shape index (κ3) is 4.18. The second-order valence-corrected chi connectivity index (χ2v) is 7.70. The Morgan fingerprint density at radius 2 is 1.65 bits per heavy atom. The Morgan fingerprint density at radius 3 is 2.29 bits per heavy atom. The van der Waals surface area contributed by atoms with Crippen molar-refractivity contribution in [3.8, 4) is 5.75 Å². The number of carbonyl (C=O) groups excluding carboxylic acids is 1. The van der Waals surface area contributed by atoms with E-state index in [9.17, 15) is 4.79 Å². The highest BCUT2D eigenvalue weighted by molar-refractivity contribution is 6.34. The number of benzene rings is 3. The molecule has 1 heterocycles. The van der Waals surface area contributed by atoms with Gasteiger partial charge in [-0.25, -0.2) is 4.99 Å². The average molecular weight is 432 g/mol. The van der Waals surface area contributed by atoms with Crippen molar-refractivity contribution < 1.29 is 9.53 Å². The van der Waals surface area contributed by atoms with Crippen molar-refractivity contribution in [3.05, 3.63) is 94.6 Å². The molecule has 156 valence electrons. The van der Waals surface area contributed by atoms with E-state index in [4.69, 9.17) is 21.3 Å². The Labute approximate surface area is 186 Å². The molecular formula is C25H22ClN3O2. The molecule has 3 aromatic carbocycles. The first-order valence-corrected chi connectivity index (χ1v) is 10.2. The number of rotatable bonds is 5. The molecule has 0 saturated carbocycles. The second kappa shape index (κ2) is 8.66. The largest absolute Gasteiger partial charge is 0.496 e. The van der Waals surface area contributed by atoms with Gasteiger partial charge in [-0.15, -0.1) is 0 Å². The van der Waals surface area contributed by atoms with Gasteiger partial charge in [-0.2, -0.15) is 0 Å². The number of methoxy groups -OCH3 is 1. The third-order valence-electron chi connectivity index (χ3n) is 5.01. The molecule has 5 nitrogen and oxygen atoms in total. The summed E-state index contributed by atoms with van der Waals surface area (Å²) in [6, 6.07) is 22.6. The first kappa shape index (κ1) is 20.7. The Kier molecular flexibility index (Phi) is 5.78. The first-order chi connectivity index (χ1) is 15.0. The van der Waals surface area contributed by atoms with E-state index in [1.54, 1.807) is 42.4 Å². The van der Waals surface area contributed by atoms with Crippen LogP contribution in [0.15, 0.2) is 83.5 Å². The number of ether oxygens (including phenoxy) is 1. The van der Waals surface area contributed by atoms with Crippen molar-refractivity contribution in [2.24, 2.45) is 4.99 Å². The van der Waals surface area contributed by atoms with Gasteiger partial charge in [0.05, 0.1) is 18.4 Å². The molecule has 31 heavy (non-hydrogen) atoms. The van der Waals surface area contributed by atoms with Gasteiger partial charge in [0.25, 0.3) is 5.91 Å². The third-order valence-corrected chi connectivity index (χ3v) is 5.26. The van der Waals surface area contributed by atoms with Crippen molar-refractivity contribution in [2.75, 3.05) is 31.0 Å². The van der Waals surface area contributed by atoms with Crippen molar-refractivity contribution in [2.45, 2.75) is 0 Å². The van der Waals surface area contributed by atoms with Crippen LogP contribution in [-0.4, -0.2) is 32.9 Å². The first-order valence-electron chi connectivity index (χ1n) is 9.79. The smallest absolute Gasteiger partial charge is 0.282 e. The molecule has 1 amide bonds. The zero-order valence-corrected chi connectivity index (χ0v) is 18.3. The summed E-state index contributed by atoms with van der Waals surface area (Å²) in [5.74, 6) is 0.949. The summed E-state index contributed by atoms with van der Waals surface area (Å²) >= 11 is 6.06. The van der Waals surface area contributed by atoms with Gasteiger partial charge in [0.15, 0.2) is 5.84 Å². The zero-order chi connectivity index (χ0) is 22.0. The van der Waals surface area contributed by atoms with Crippen LogP contribution in [0.1, 0.15) is 11.1 Å². The molecule has 0 saturated heterocycles. The quantitative estimate of drug-likeness (QED) is 0.518. The van der Waals surface area contributed by atoms with Gasteiger partial charge in [-0.3, -0.25) is 9.69 Å². The summed E-state index contributed by atoms with van der Waals surface area (Å²) in [6.45, 7) is 0. The summed E-state index contributed by atoms with van der Waals surface area (Å²) in [5.41, 5.74) is 3.76. The van der Waals surface area contributed by atoms with E-state index in [2.05, 4.69) is 0 Å². The summed E-state index contributed by atoms with van der Waals surface area (Å²) in [5, 5.41) is 0.600. The van der Waals surface area contributed by atoms with E-state index in [0.717, 1.165) is 16.8 Å². The molecule has 1 aliphatic rings. The summed E-state index contributed by atoms with van der Waals surface area (Å²) in [4.78, 5) is 21.7. The van der Waals surface area contributed by atoms with Crippen LogP contribution < -0.4 is 14.5 Å². The maximum absolute atomic E-state index is 13.4. The fourth-order valence-corrected chi connectivity index (χ4v) is 3.51. The minimum Gasteiger partial charge on any atom is -0.496 e. The van der Waals surface area contributed by atoms with Gasteiger partial charge < -0.3 is 9.64 Å². The maximum Gasteiger partial charge on any atom is 0.282 e. The van der Waals surface area contributed by atoms with Gasteiger partial charge in [0.2, 0.25) is 0 Å². The van der Waals surface area contributed by atoms with Crippen LogP contribution in [0.25, 0.3) is 6.08 Å².